The maximum absolute atomic E-state index is 9.81. The minimum absolute atomic E-state index is 0.204. The van der Waals surface area contributed by atoms with Gasteiger partial charge >= 0.3 is 0 Å². The van der Waals surface area contributed by atoms with Gasteiger partial charge in [0.05, 0.1) is 10.6 Å². The van der Waals surface area contributed by atoms with E-state index >= 15 is 0 Å². The first-order valence-electron chi connectivity index (χ1n) is 7.22. The van der Waals surface area contributed by atoms with E-state index in [0.29, 0.717) is 17.1 Å². The minimum Gasteiger partial charge on any atom is -0.454 e. The lowest BCUT2D eigenvalue weighted by Crippen LogP contribution is -2.15. The standard InChI is InChI=1S/C18H15BrN2O2S/c1-21(12-6-4-3-5-7-12)18(24-2)14(10-20)13-8-16-17(9-15(13)19)23-11-22-16/h3-9H,11H2,1-2H3/b18-14+. The van der Waals surface area contributed by atoms with Crippen LogP contribution in [0.15, 0.2) is 52.0 Å². The van der Waals surface area contributed by atoms with Gasteiger partial charge in [0.1, 0.15) is 6.07 Å². The SMILES string of the molecule is CS/C(=C(\C#N)c1cc2c(cc1Br)OCO2)N(C)c1ccccc1. The molecule has 4 nitrogen and oxygen atoms in total. The van der Waals surface area contributed by atoms with Crippen molar-refractivity contribution in [1.29, 1.82) is 5.26 Å². The number of nitrogens with zero attached hydrogens (tertiary/aromatic N) is 2. The second-order valence-corrected chi connectivity index (χ2v) is 6.73. The molecule has 2 aromatic rings. The van der Waals surface area contributed by atoms with Crippen molar-refractivity contribution in [3.8, 4) is 17.6 Å². The van der Waals surface area contributed by atoms with Gasteiger partial charge in [-0.2, -0.15) is 5.26 Å². The Morgan fingerprint density at radius 2 is 1.88 bits per heavy atom. The Morgan fingerprint density at radius 1 is 1.21 bits per heavy atom. The van der Waals surface area contributed by atoms with Crippen molar-refractivity contribution in [3.63, 3.8) is 0 Å². The Morgan fingerprint density at radius 3 is 2.50 bits per heavy atom. The Balaban J connectivity index is 2.12. The highest BCUT2D eigenvalue weighted by Crippen LogP contribution is 2.41. The van der Waals surface area contributed by atoms with Crippen molar-refractivity contribution in [2.45, 2.75) is 0 Å². The van der Waals surface area contributed by atoms with Gasteiger partial charge < -0.3 is 14.4 Å². The molecule has 0 aromatic heterocycles. The van der Waals surface area contributed by atoms with Crippen LogP contribution in [0.3, 0.4) is 0 Å². The highest BCUT2D eigenvalue weighted by Gasteiger charge is 2.21. The van der Waals surface area contributed by atoms with Crippen LogP contribution in [0.5, 0.6) is 11.5 Å². The monoisotopic (exact) mass is 402 g/mol. The van der Waals surface area contributed by atoms with Gasteiger partial charge in [0.25, 0.3) is 0 Å². The summed E-state index contributed by atoms with van der Waals surface area (Å²) in [7, 11) is 1.96. The van der Waals surface area contributed by atoms with E-state index in [4.69, 9.17) is 9.47 Å². The van der Waals surface area contributed by atoms with E-state index in [1.807, 2.05) is 60.7 Å². The molecule has 0 bridgehead atoms. The third-order valence-electron chi connectivity index (χ3n) is 3.70. The molecule has 0 N–H and O–H groups in total. The van der Waals surface area contributed by atoms with E-state index in [9.17, 15) is 5.26 Å². The number of ether oxygens (including phenoxy) is 2. The fraction of sp³-hybridized carbons (Fsp3) is 0.167. The van der Waals surface area contributed by atoms with E-state index in [2.05, 4.69) is 22.0 Å². The molecule has 0 aliphatic carbocycles. The van der Waals surface area contributed by atoms with Crippen LogP contribution in [0.4, 0.5) is 5.69 Å². The van der Waals surface area contributed by atoms with Crippen molar-refractivity contribution in [2.75, 3.05) is 25.0 Å². The van der Waals surface area contributed by atoms with E-state index in [1.54, 1.807) is 0 Å². The summed E-state index contributed by atoms with van der Waals surface area (Å²) in [6, 6.07) is 16.0. The van der Waals surface area contributed by atoms with Gasteiger partial charge in [0, 0.05) is 22.8 Å². The van der Waals surface area contributed by atoms with Crippen molar-refractivity contribution in [1.82, 2.24) is 0 Å². The van der Waals surface area contributed by atoms with Gasteiger partial charge in [-0.15, -0.1) is 11.8 Å². The van der Waals surface area contributed by atoms with Crippen LogP contribution in [0.2, 0.25) is 0 Å². The normalized spacial score (nSPS) is 13.2. The number of thioether (sulfide) groups is 1. The third-order valence-corrected chi connectivity index (χ3v) is 5.22. The summed E-state index contributed by atoms with van der Waals surface area (Å²) in [6.07, 6.45) is 1.97. The zero-order valence-electron chi connectivity index (χ0n) is 13.2. The molecule has 3 rings (SSSR count). The number of allylic oxidation sites excluding steroid dienone is 1. The Hall–Kier alpha value is -2.10. The number of halogens is 1. The highest BCUT2D eigenvalue weighted by molar-refractivity contribution is 9.10. The summed E-state index contributed by atoms with van der Waals surface area (Å²) in [4.78, 5) is 2.01. The molecular weight excluding hydrogens is 388 g/mol. The largest absolute Gasteiger partial charge is 0.454 e. The van der Waals surface area contributed by atoms with Crippen LogP contribution < -0.4 is 14.4 Å². The number of anilines is 1. The summed E-state index contributed by atoms with van der Waals surface area (Å²) in [5.74, 6) is 1.34. The summed E-state index contributed by atoms with van der Waals surface area (Å²) >= 11 is 5.08. The number of rotatable bonds is 4. The van der Waals surface area contributed by atoms with Crippen LogP contribution >= 0.6 is 27.7 Å². The molecule has 0 saturated heterocycles. The average Bonchev–Trinajstić information content (AvgIpc) is 3.06. The van der Waals surface area contributed by atoms with Crippen LogP contribution in [0.1, 0.15) is 5.56 Å². The van der Waals surface area contributed by atoms with Crippen LogP contribution in [0.25, 0.3) is 5.57 Å². The minimum atomic E-state index is 0.204. The number of nitriles is 1. The summed E-state index contributed by atoms with van der Waals surface area (Å²) in [6.45, 7) is 0.204. The molecule has 0 unspecified atom stereocenters. The van der Waals surface area contributed by atoms with Crippen molar-refractivity contribution in [3.05, 3.63) is 57.5 Å². The maximum Gasteiger partial charge on any atom is 0.231 e. The molecule has 0 atom stereocenters. The molecule has 1 heterocycles. The lowest BCUT2D eigenvalue weighted by atomic mass is 10.1. The molecule has 1 aliphatic rings. The fourth-order valence-electron chi connectivity index (χ4n) is 2.51. The van der Waals surface area contributed by atoms with Gasteiger partial charge in [-0.1, -0.05) is 18.2 Å². The lowest BCUT2D eigenvalue weighted by molar-refractivity contribution is 0.174. The van der Waals surface area contributed by atoms with E-state index < -0.39 is 0 Å². The summed E-state index contributed by atoms with van der Waals surface area (Å²) in [5.41, 5.74) is 2.39. The molecule has 0 fully saturated rings. The molecule has 0 spiro atoms. The lowest BCUT2D eigenvalue weighted by Gasteiger charge is -2.23. The van der Waals surface area contributed by atoms with Crippen molar-refractivity contribution >= 4 is 39.0 Å². The second-order valence-electron chi connectivity index (χ2n) is 5.08. The molecule has 24 heavy (non-hydrogen) atoms. The maximum atomic E-state index is 9.81. The zero-order chi connectivity index (χ0) is 17.1. The summed E-state index contributed by atoms with van der Waals surface area (Å²) < 4.78 is 11.6. The second kappa shape index (κ2) is 7.20. The Bertz CT molecular complexity index is 831. The molecule has 2 aromatic carbocycles. The quantitative estimate of drug-likeness (QED) is 0.682. The summed E-state index contributed by atoms with van der Waals surface area (Å²) in [5, 5.41) is 10.7. The first kappa shape index (κ1) is 16.7. The first-order chi connectivity index (χ1) is 11.7. The van der Waals surface area contributed by atoms with Crippen LogP contribution in [-0.4, -0.2) is 20.1 Å². The predicted molar refractivity (Wildman–Crippen MR) is 101 cm³/mol. The van der Waals surface area contributed by atoms with Crippen LogP contribution in [0, 0.1) is 11.3 Å². The molecule has 6 heteroatoms. The van der Waals surface area contributed by atoms with Gasteiger partial charge in [-0.3, -0.25) is 0 Å². The topological polar surface area (TPSA) is 45.5 Å². The Labute approximate surface area is 153 Å². The molecule has 0 amide bonds. The number of hydrogen-bond donors (Lipinski definition) is 0. The van der Waals surface area contributed by atoms with Crippen molar-refractivity contribution in [2.24, 2.45) is 0 Å². The number of hydrogen-bond acceptors (Lipinski definition) is 5. The van der Waals surface area contributed by atoms with E-state index in [1.165, 1.54) is 11.8 Å². The van der Waals surface area contributed by atoms with Gasteiger partial charge in [0.2, 0.25) is 6.79 Å². The van der Waals surface area contributed by atoms with E-state index in [0.717, 1.165) is 20.8 Å². The first-order valence-corrected chi connectivity index (χ1v) is 9.24. The number of benzene rings is 2. The Kier molecular flexibility index (Phi) is 5.03. The van der Waals surface area contributed by atoms with E-state index in [-0.39, 0.29) is 6.79 Å². The molecule has 1 aliphatic heterocycles. The fourth-order valence-corrected chi connectivity index (χ4v) is 3.77. The highest BCUT2D eigenvalue weighted by atomic mass is 79.9. The third kappa shape index (κ3) is 3.10. The average molecular weight is 403 g/mol. The molecular formula is C18H15BrN2O2S. The molecule has 0 radical (unpaired) electrons. The zero-order valence-corrected chi connectivity index (χ0v) is 15.6. The predicted octanol–water partition coefficient (Wildman–Crippen LogP) is 4.87. The number of para-hydroxylation sites is 1. The van der Waals surface area contributed by atoms with Gasteiger partial charge in [0.15, 0.2) is 11.5 Å². The van der Waals surface area contributed by atoms with Crippen molar-refractivity contribution < 1.29 is 9.47 Å². The van der Waals surface area contributed by atoms with Gasteiger partial charge in [-0.05, 0) is 46.5 Å². The number of fused-ring (bicyclic) bond motifs is 1. The molecule has 0 saturated carbocycles. The smallest absolute Gasteiger partial charge is 0.231 e. The van der Waals surface area contributed by atoms with Gasteiger partial charge in [-0.25, -0.2) is 0 Å². The molecule has 122 valence electrons. The van der Waals surface area contributed by atoms with Crippen LogP contribution in [-0.2, 0) is 0 Å².